The Morgan fingerprint density at radius 3 is 1.29 bits per heavy atom. The fourth-order valence-corrected chi connectivity index (χ4v) is 6.14. The molecule has 14 heteroatoms. The maximum Gasteiger partial charge on any atom is 0.410 e. The molecule has 14 nitrogen and oxygen atoms in total. The molecule has 5 amide bonds. The van der Waals surface area contributed by atoms with Gasteiger partial charge >= 0.3 is 24.4 Å². The highest BCUT2D eigenvalue weighted by atomic mass is 16.6. The second-order valence-corrected chi connectivity index (χ2v) is 20.0. The zero-order chi connectivity index (χ0) is 45.3. The first-order valence-corrected chi connectivity index (χ1v) is 22.4. The maximum absolute atomic E-state index is 13.7. The zero-order valence-corrected chi connectivity index (χ0v) is 39.9. The number of ether oxygens (including phenoxy) is 4. The molecule has 0 fully saturated rings. The molecule has 0 saturated carbocycles. The third kappa shape index (κ3) is 34.0. The summed E-state index contributed by atoms with van der Waals surface area (Å²) in [4.78, 5) is 67.5. The minimum absolute atomic E-state index is 0.0976. The summed E-state index contributed by atoms with van der Waals surface area (Å²) in [7, 11) is 0. The summed E-state index contributed by atoms with van der Waals surface area (Å²) in [6.45, 7) is 29.2. The number of alkyl carbamates (subject to hydrolysis) is 2. The summed E-state index contributed by atoms with van der Waals surface area (Å²) in [5.41, 5.74) is -2.61. The third-order valence-electron chi connectivity index (χ3n) is 8.81. The van der Waals surface area contributed by atoms with Crippen molar-refractivity contribution in [1.29, 1.82) is 0 Å². The van der Waals surface area contributed by atoms with Gasteiger partial charge in [0.2, 0.25) is 5.91 Å². The zero-order valence-electron chi connectivity index (χ0n) is 39.9. The van der Waals surface area contributed by atoms with Gasteiger partial charge in [-0.25, -0.2) is 19.2 Å². The number of hydrogen-bond acceptors (Lipinski definition) is 9. The summed E-state index contributed by atoms with van der Waals surface area (Å²) in [5, 5.41) is 8.64. The van der Waals surface area contributed by atoms with Crippen molar-refractivity contribution in [1.82, 2.24) is 25.8 Å². The van der Waals surface area contributed by atoms with E-state index in [1.807, 2.05) is 83.1 Å². The van der Waals surface area contributed by atoms with Gasteiger partial charge in [-0.3, -0.25) is 4.79 Å². The van der Waals surface area contributed by atoms with Crippen molar-refractivity contribution in [3.8, 4) is 0 Å². The number of nitrogens with zero attached hydrogens (tertiary/aromatic N) is 2. The van der Waals surface area contributed by atoms with Crippen LogP contribution in [0, 0.1) is 11.8 Å². The summed E-state index contributed by atoms with van der Waals surface area (Å²) in [6, 6.07) is 0. The Morgan fingerprint density at radius 1 is 0.492 bits per heavy atom. The number of carbonyl (C=O) groups is 5. The third-order valence-corrected chi connectivity index (χ3v) is 8.81. The summed E-state index contributed by atoms with van der Waals surface area (Å²) in [6.07, 6.45) is 8.78. The van der Waals surface area contributed by atoms with E-state index >= 15 is 0 Å². The molecular weight excluding hydrogens is 755 g/mol. The Bertz CT molecular complexity index is 1150. The van der Waals surface area contributed by atoms with E-state index < -0.39 is 46.8 Å². The Balaban J connectivity index is 5.90. The molecule has 0 aromatic rings. The van der Waals surface area contributed by atoms with Crippen molar-refractivity contribution in [2.75, 3.05) is 45.8 Å². The molecule has 346 valence electrons. The molecule has 0 radical (unpaired) electrons. The van der Waals surface area contributed by atoms with E-state index in [4.69, 9.17) is 18.9 Å². The van der Waals surface area contributed by atoms with Crippen molar-refractivity contribution in [2.45, 2.75) is 203 Å². The molecule has 0 aliphatic heterocycles. The molecule has 0 rings (SSSR count). The Labute approximate surface area is 358 Å². The van der Waals surface area contributed by atoms with Crippen LogP contribution in [0.3, 0.4) is 0 Å². The van der Waals surface area contributed by atoms with Gasteiger partial charge in [0.15, 0.2) is 0 Å². The highest BCUT2D eigenvalue weighted by Crippen LogP contribution is 2.20. The van der Waals surface area contributed by atoms with E-state index in [-0.39, 0.29) is 11.8 Å². The fourth-order valence-electron chi connectivity index (χ4n) is 6.14. The number of carbonyl (C=O) groups excluding carboxylic acids is 5. The average Bonchev–Trinajstić information content (AvgIpc) is 3.05. The van der Waals surface area contributed by atoms with E-state index in [0.29, 0.717) is 83.8 Å². The van der Waals surface area contributed by atoms with Crippen molar-refractivity contribution in [2.24, 2.45) is 11.8 Å². The average molecular weight is 842 g/mol. The molecule has 0 spiro atoms. The maximum atomic E-state index is 13.7. The lowest BCUT2D eigenvalue weighted by atomic mass is 9.98. The van der Waals surface area contributed by atoms with Gasteiger partial charge in [0.25, 0.3) is 0 Å². The normalized spacial score (nSPS) is 12.7. The monoisotopic (exact) mass is 842 g/mol. The smallest absolute Gasteiger partial charge is 0.410 e. The van der Waals surface area contributed by atoms with Gasteiger partial charge in [-0.2, -0.15) is 0 Å². The van der Waals surface area contributed by atoms with Gasteiger partial charge in [-0.1, -0.05) is 46.0 Å². The summed E-state index contributed by atoms with van der Waals surface area (Å²) in [5.74, 6) is 0.567. The lowest BCUT2D eigenvalue weighted by Gasteiger charge is -2.34. The minimum atomic E-state index is -0.706. The molecule has 1 unspecified atom stereocenters. The standard InChI is InChI=1S/C45H87N5O9/c1-15-24-35(2)26-27-37(51)46-28-19-17-16-18-25-36(33-49(40(54)58-44(9,10)11)31-22-20-29-47-38(52)56-42(3,4)5)34-50(41(55)59-45(12,13)14)32-23-21-30-48-39(53)57-43(6,7)8/h35-36H,15-34H2,1-14H3,(H,46,51)(H,47,52)(H,48,53). The first-order chi connectivity index (χ1) is 27.2. The van der Waals surface area contributed by atoms with E-state index in [2.05, 4.69) is 29.8 Å². The van der Waals surface area contributed by atoms with Crippen LogP contribution < -0.4 is 16.0 Å². The molecule has 3 N–H and O–H groups in total. The Kier molecular flexibility index (Phi) is 26.5. The summed E-state index contributed by atoms with van der Waals surface area (Å²) < 4.78 is 22.4. The van der Waals surface area contributed by atoms with Crippen LogP contribution in [0.1, 0.15) is 180 Å². The predicted molar refractivity (Wildman–Crippen MR) is 235 cm³/mol. The van der Waals surface area contributed by atoms with Crippen molar-refractivity contribution < 1.29 is 42.9 Å². The van der Waals surface area contributed by atoms with Crippen LogP contribution in [0.5, 0.6) is 0 Å². The van der Waals surface area contributed by atoms with Crippen LogP contribution in [-0.4, -0.2) is 108 Å². The van der Waals surface area contributed by atoms with Gasteiger partial charge in [-0.05, 0) is 140 Å². The number of nitrogens with one attached hydrogen (secondary N) is 3. The molecule has 0 bridgehead atoms. The van der Waals surface area contributed by atoms with Crippen molar-refractivity contribution in [3.05, 3.63) is 0 Å². The molecular formula is C45H87N5O9. The Morgan fingerprint density at radius 2 is 0.881 bits per heavy atom. The summed E-state index contributed by atoms with van der Waals surface area (Å²) >= 11 is 0. The van der Waals surface area contributed by atoms with E-state index in [0.717, 1.165) is 51.4 Å². The number of unbranched alkanes of at least 4 members (excludes halogenated alkanes) is 5. The van der Waals surface area contributed by atoms with Gasteiger partial charge in [-0.15, -0.1) is 0 Å². The lowest BCUT2D eigenvalue weighted by molar-refractivity contribution is -0.121. The number of hydrogen-bond donors (Lipinski definition) is 3. The van der Waals surface area contributed by atoms with Crippen LogP contribution in [0.2, 0.25) is 0 Å². The molecule has 0 heterocycles. The second-order valence-electron chi connectivity index (χ2n) is 20.0. The predicted octanol–water partition coefficient (Wildman–Crippen LogP) is 9.97. The highest BCUT2D eigenvalue weighted by molar-refractivity contribution is 5.75. The van der Waals surface area contributed by atoms with E-state index in [1.54, 1.807) is 9.80 Å². The van der Waals surface area contributed by atoms with Crippen LogP contribution in [0.25, 0.3) is 0 Å². The molecule has 0 aliphatic carbocycles. The van der Waals surface area contributed by atoms with E-state index in [9.17, 15) is 24.0 Å². The molecule has 0 aromatic heterocycles. The molecule has 0 saturated heterocycles. The van der Waals surface area contributed by atoms with Gasteiger partial charge in [0.05, 0.1) is 0 Å². The fraction of sp³-hybridized carbons (Fsp3) is 0.889. The SMILES string of the molecule is CCCC(C)CCC(=O)NCCCCCCC(CN(CCCCNC(=O)OC(C)(C)C)C(=O)OC(C)(C)C)CN(CCCCNC(=O)OC(C)(C)C)C(=O)OC(C)(C)C. The number of rotatable bonds is 26. The number of amides is 5. The molecule has 1 atom stereocenters. The van der Waals surface area contributed by atoms with Crippen molar-refractivity contribution >= 4 is 30.3 Å². The van der Waals surface area contributed by atoms with Gasteiger partial charge < -0.3 is 44.7 Å². The van der Waals surface area contributed by atoms with E-state index in [1.165, 1.54) is 0 Å². The first kappa shape index (κ1) is 55.5. The topological polar surface area (TPSA) is 165 Å². The van der Waals surface area contributed by atoms with Crippen LogP contribution >= 0.6 is 0 Å². The van der Waals surface area contributed by atoms with Crippen LogP contribution in [0.15, 0.2) is 0 Å². The first-order valence-electron chi connectivity index (χ1n) is 22.4. The van der Waals surface area contributed by atoms with Gasteiger partial charge in [0, 0.05) is 52.2 Å². The molecule has 59 heavy (non-hydrogen) atoms. The van der Waals surface area contributed by atoms with Crippen LogP contribution in [0.4, 0.5) is 19.2 Å². The highest BCUT2D eigenvalue weighted by Gasteiger charge is 2.29. The quantitative estimate of drug-likeness (QED) is 0.0568. The molecule has 0 aliphatic rings. The lowest BCUT2D eigenvalue weighted by Crippen LogP contribution is -2.45. The molecule has 0 aromatic carbocycles. The van der Waals surface area contributed by atoms with Gasteiger partial charge in [0.1, 0.15) is 22.4 Å². The van der Waals surface area contributed by atoms with Crippen LogP contribution in [-0.2, 0) is 23.7 Å². The minimum Gasteiger partial charge on any atom is -0.444 e. The second kappa shape index (κ2) is 28.1. The van der Waals surface area contributed by atoms with Crippen molar-refractivity contribution in [3.63, 3.8) is 0 Å². The largest absolute Gasteiger partial charge is 0.444 e. The Hall–Kier alpha value is -3.45.